The average Bonchev–Trinajstić information content (AvgIpc) is 3.11. The van der Waals surface area contributed by atoms with Gasteiger partial charge in [-0.25, -0.2) is 9.78 Å². The van der Waals surface area contributed by atoms with Gasteiger partial charge in [0.1, 0.15) is 0 Å². The third kappa shape index (κ3) is 4.79. The number of nitrogens with zero attached hydrogens (tertiary/aromatic N) is 2. The van der Waals surface area contributed by atoms with Gasteiger partial charge in [-0.05, 0) is 75.6 Å². The minimum Gasteiger partial charge on any atom is -0.462 e. The second-order valence-corrected chi connectivity index (χ2v) is 9.40. The number of para-hydroxylation sites is 1. The summed E-state index contributed by atoms with van der Waals surface area (Å²) in [6.45, 7) is 9.42. The number of aromatic amines is 1. The number of hydrogen-bond donors (Lipinski definition) is 1. The summed E-state index contributed by atoms with van der Waals surface area (Å²) < 4.78 is 6.69. The first-order valence-electron chi connectivity index (χ1n) is 11.3. The zero-order chi connectivity index (χ0) is 25.3. The lowest BCUT2D eigenvalue weighted by atomic mass is 10.1. The van der Waals surface area contributed by atoms with Crippen LogP contribution < -0.4 is 5.56 Å². The highest BCUT2D eigenvalue weighted by atomic mass is 32.2. The molecule has 2 heterocycles. The number of ether oxygens (including phenoxy) is 1. The van der Waals surface area contributed by atoms with Gasteiger partial charge in [0.05, 0.1) is 40.2 Å². The summed E-state index contributed by atoms with van der Waals surface area (Å²) in [6, 6.07) is 13.1. The van der Waals surface area contributed by atoms with E-state index in [4.69, 9.17) is 9.72 Å². The molecule has 2 aromatic heterocycles. The molecule has 0 radical (unpaired) electrons. The summed E-state index contributed by atoms with van der Waals surface area (Å²) >= 11 is 1.19. The van der Waals surface area contributed by atoms with E-state index in [0.29, 0.717) is 44.3 Å². The molecule has 0 saturated heterocycles. The minimum absolute atomic E-state index is 0.0403. The van der Waals surface area contributed by atoms with E-state index >= 15 is 0 Å². The normalized spacial score (nSPS) is 11.1. The fraction of sp³-hybridized carbons (Fsp3) is 0.259. The monoisotopic (exact) mass is 489 g/mol. The summed E-state index contributed by atoms with van der Waals surface area (Å²) in [4.78, 5) is 46.7. The van der Waals surface area contributed by atoms with Crippen LogP contribution in [0, 0.1) is 27.7 Å². The van der Waals surface area contributed by atoms with Crippen LogP contribution in [0.3, 0.4) is 0 Å². The molecule has 4 aromatic rings. The molecule has 0 atom stereocenters. The molecule has 0 bridgehead atoms. The predicted molar refractivity (Wildman–Crippen MR) is 138 cm³/mol. The molecule has 0 aliphatic carbocycles. The van der Waals surface area contributed by atoms with Gasteiger partial charge < -0.3 is 9.72 Å². The Balaban J connectivity index is 1.73. The number of ketones is 1. The zero-order valence-corrected chi connectivity index (χ0v) is 21.2. The van der Waals surface area contributed by atoms with Gasteiger partial charge in [-0.1, -0.05) is 30.0 Å². The lowest BCUT2D eigenvalue weighted by molar-refractivity contribution is 0.0525. The van der Waals surface area contributed by atoms with Gasteiger partial charge in [0.2, 0.25) is 0 Å². The van der Waals surface area contributed by atoms with Gasteiger partial charge in [-0.2, -0.15) is 0 Å². The van der Waals surface area contributed by atoms with Gasteiger partial charge in [0, 0.05) is 5.69 Å². The highest BCUT2D eigenvalue weighted by Crippen LogP contribution is 2.25. The smallest absolute Gasteiger partial charge is 0.340 e. The number of H-pyrrole nitrogens is 1. The number of thioether (sulfide) groups is 1. The van der Waals surface area contributed by atoms with Gasteiger partial charge in [-0.15, -0.1) is 0 Å². The highest BCUT2D eigenvalue weighted by Gasteiger charge is 2.23. The number of carbonyl (C=O) groups excluding carboxylic acids is 2. The molecule has 35 heavy (non-hydrogen) atoms. The van der Waals surface area contributed by atoms with Crippen LogP contribution in [0.25, 0.3) is 16.6 Å². The van der Waals surface area contributed by atoms with Crippen molar-refractivity contribution in [3.8, 4) is 5.69 Å². The second kappa shape index (κ2) is 9.92. The molecule has 0 amide bonds. The molecule has 0 spiro atoms. The maximum atomic E-state index is 13.5. The number of aromatic nitrogens is 3. The number of carbonyl (C=O) groups is 2. The quantitative estimate of drug-likeness (QED) is 0.168. The Hall–Kier alpha value is -3.65. The lowest BCUT2D eigenvalue weighted by Crippen LogP contribution is -2.22. The first-order valence-corrected chi connectivity index (χ1v) is 12.3. The Labute approximate surface area is 207 Å². The Morgan fingerprint density at radius 2 is 1.74 bits per heavy atom. The van der Waals surface area contributed by atoms with Crippen molar-refractivity contribution in [2.24, 2.45) is 0 Å². The third-order valence-corrected chi connectivity index (χ3v) is 6.68. The molecule has 0 saturated carbocycles. The molecule has 0 aliphatic heterocycles. The van der Waals surface area contributed by atoms with Crippen molar-refractivity contribution < 1.29 is 14.3 Å². The van der Waals surface area contributed by atoms with E-state index < -0.39 is 5.97 Å². The summed E-state index contributed by atoms with van der Waals surface area (Å²) in [7, 11) is 0. The van der Waals surface area contributed by atoms with E-state index in [0.717, 1.165) is 11.1 Å². The molecule has 0 aliphatic rings. The van der Waals surface area contributed by atoms with Crippen LogP contribution in [0.15, 0.2) is 52.4 Å². The Kier molecular flexibility index (Phi) is 6.93. The number of fused-ring (bicyclic) bond motifs is 1. The molecule has 1 N–H and O–H groups in total. The van der Waals surface area contributed by atoms with Crippen molar-refractivity contribution in [3.63, 3.8) is 0 Å². The number of esters is 1. The van der Waals surface area contributed by atoms with Crippen LogP contribution in [-0.4, -0.2) is 38.6 Å². The molecule has 7 nitrogen and oxygen atoms in total. The fourth-order valence-electron chi connectivity index (χ4n) is 4.26. The maximum Gasteiger partial charge on any atom is 0.340 e. The largest absolute Gasteiger partial charge is 0.462 e. The molecule has 4 rings (SSSR count). The lowest BCUT2D eigenvalue weighted by Gasteiger charge is -2.14. The van der Waals surface area contributed by atoms with Crippen molar-refractivity contribution in [1.82, 2.24) is 14.5 Å². The summed E-state index contributed by atoms with van der Waals surface area (Å²) in [5.41, 5.74) is 5.03. The summed E-state index contributed by atoms with van der Waals surface area (Å²) in [6.07, 6.45) is 0. The molecular formula is C27H27N3O4S. The number of hydrogen-bond acceptors (Lipinski definition) is 6. The van der Waals surface area contributed by atoms with Crippen LogP contribution in [0.4, 0.5) is 0 Å². The van der Waals surface area contributed by atoms with Crippen molar-refractivity contribution in [1.29, 1.82) is 0 Å². The standard InChI is InChI=1S/C27H27N3O4S/c1-6-34-26(33)23-17(4)24(28-18(23)5)22(31)14-35-27-29-21-10-8-7-9-20(21)25(32)30(27)19-12-15(2)11-16(3)13-19/h7-13,28H,6,14H2,1-5H3. The van der Waals surface area contributed by atoms with E-state index in [2.05, 4.69) is 4.98 Å². The Morgan fingerprint density at radius 3 is 2.43 bits per heavy atom. The molecule has 0 unspecified atom stereocenters. The molecule has 180 valence electrons. The SMILES string of the molecule is CCOC(=O)c1c(C)[nH]c(C(=O)CSc2nc3ccccc3c(=O)n2-c2cc(C)cc(C)c2)c1C. The van der Waals surface area contributed by atoms with Crippen molar-refractivity contribution in [2.45, 2.75) is 39.8 Å². The van der Waals surface area contributed by atoms with E-state index in [9.17, 15) is 14.4 Å². The number of benzene rings is 2. The molecule has 0 fully saturated rings. The number of nitrogens with one attached hydrogen (secondary N) is 1. The van der Waals surface area contributed by atoms with Crippen molar-refractivity contribution in [3.05, 3.63) is 86.5 Å². The Bertz CT molecular complexity index is 1500. The van der Waals surface area contributed by atoms with Crippen LogP contribution in [0.2, 0.25) is 0 Å². The highest BCUT2D eigenvalue weighted by molar-refractivity contribution is 7.99. The van der Waals surface area contributed by atoms with Gasteiger partial charge in [0.15, 0.2) is 10.9 Å². The molecular weight excluding hydrogens is 462 g/mol. The van der Waals surface area contributed by atoms with E-state index in [1.807, 2.05) is 44.2 Å². The number of rotatable bonds is 7. The summed E-state index contributed by atoms with van der Waals surface area (Å²) in [5, 5.41) is 0.941. The fourth-order valence-corrected chi connectivity index (χ4v) is 5.14. The van der Waals surface area contributed by atoms with Crippen LogP contribution >= 0.6 is 11.8 Å². The van der Waals surface area contributed by atoms with Crippen molar-refractivity contribution in [2.75, 3.05) is 12.4 Å². The zero-order valence-electron chi connectivity index (χ0n) is 20.4. The van der Waals surface area contributed by atoms with Crippen LogP contribution in [0.1, 0.15) is 50.2 Å². The van der Waals surface area contributed by atoms with Crippen molar-refractivity contribution >= 4 is 34.4 Å². The summed E-state index contributed by atoms with van der Waals surface area (Å²) in [5.74, 6) is -0.607. The first kappa shape index (κ1) is 24.5. The van der Waals surface area contributed by atoms with Gasteiger partial charge in [0.25, 0.3) is 5.56 Å². The molecule has 8 heteroatoms. The maximum absolute atomic E-state index is 13.5. The second-order valence-electron chi connectivity index (χ2n) is 8.46. The minimum atomic E-state index is -0.453. The van der Waals surface area contributed by atoms with Gasteiger partial charge in [-0.3, -0.25) is 14.2 Å². The topological polar surface area (TPSA) is 94.1 Å². The van der Waals surface area contributed by atoms with E-state index in [-0.39, 0.29) is 23.7 Å². The van der Waals surface area contributed by atoms with Crippen LogP contribution in [-0.2, 0) is 4.74 Å². The van der Waals surface area contributed by atoms with E-state index in [1.54, 1.807) is 37.5 Å². The molecule has 2 aromatic carbocycles. The Morgan fingerprint density at radius 1 is 1.06 bits per heavy atom. The average molecular weight is 490 g/mol. The first-order chi connectivity index (χ1) is 16.7. The third-order valence-electron chi connectivity index (χ3n) is 5.74. The number of aryl methyl sites for hydroxylation is 3. The van der Waals surface area contributed by atoms with E-state index in [1.165, 1.54) is 11.8 Å². The van der Waals surface area contributed by atoms with Crippen LogP contribution in [0.5, 0.6) is 0 Å². The predicted octanol–water partition coefficient (Wildman–Crippen LogP) is 5.10. The van der Waals surface area contributed by atoms with Gasteiger partial charge >= 0.3 is 5.97 Å². The number of Topliss-reactive ketones (excluding diaryl/α,β-unsaturated/α-hetero) is 1.